The Morgan fingerprint density at radius 2 is 0.821 bits per heavy atom. The van der Waals surface area contributed by atoms with Crippen LogP contribution in [0.2, 0.25) is 0 Å². The van der Waals surface area contributed by atoms with E-state index in [-0.39, 0.29) is 6.71 Å². The summed E-state index contributed by atoms with van der Waals surface area (Å²) in [6.45, 7) is 4.43. The third kappa shape index (κ3) is 5.30. The Balaban J connectivity index is 1.13. The molecule has 10 aromatic carbocycles. The molecule has 1 spiro atoms. The van der Waals surface area contributed by atoms with Gasteiger partial charge in [0.2, 0.25) is 0 Å². The van der Waals surface area contributed by atoms with Gasteiger partial charge in [-0.3, -0.25) is 0 Å². The summed E-state index contributed by atoms with van der Waals surface area (Å²) in [4.78, 5) is 5.17. The van der Waals surface area contributed by atoms with Crippen molar-refractivity contribution in [2.45, 2.75) is 19.3 Å². The van der Waals surface area contributed by atoms with Crippen LogP contribution in [-0.2, 0) is 5.41 Å². The summed E-state index contributed by atoms with van der Waals surface area (Å²) in [5.41, 5.74) is 25.0. The maximum atomic E-state index is 6.79. The summed E-state index contributed by atoms with van der Waals surface area (Å²) in [6.07, 6.45) is 0. The Bertz CT molecular complexity index is 3630. The van der Waals surface area contributed by atoms with Crippen LogP contribution in [0.15, 0.2) is 224 Å². The molecule has 0 saturated carbocycles. The first-order valence-corrected chi connectivity index (χ1v) is 23.4. The molecule has 0 fully saturated rings. The van der Waals surface area contributed by atoms with Crippen LogP contribution in [0.1, 0.15) is 33.4 Å². The van der Waals surface area contributed by atoms with E-state index >= 15 is 0 Å². The van der Waals surface area contributed by atoms with E-state index in [1.807, 2.05) is 0 Å². The summed E-state index contributed by atoms with van der Waals surface area (Å²) >= 11 is 0. The van der Waals surface area contributed by atoms with Gasteiger partial charge in [-0.05, 0) is 123 Å². The molecule has 67 heavy (non-hydrogen) atoms. The molecule has 3 heterocycles. The van der Waals surface area contributed by atoms with E-state index in [9.17, 15) is 0 Å². The first kappa shape index (κ1) is 38.0. The molecular formula is C63H43BN2O. The molecule has 14 rings (SSSR count). The summed E-state index contributed by atoms with van der Waals surface area (Å²) in [7, 11) is 0. The highest BCUT2D eigenvalue weighted by Gasteiger charge is 2.53. The summed E-state index contributed by atoms with van der Waals surface area (Å²) in [6, 6.07) is 83.3. The van der Waals surface area contributed by atoms with Crippen molar-refractivity contribution in [2.75, 3.05) is 9.80 Å². The quantitative estimate of drug-likeness (QED) is 0.164. The minimum atomic E-state index is -0.616. The second kappa shape index (κ2) is 14.3. The van der Waals surface area contributed by atoms with Gasteiger partial charge in [-0.1, -0.05) is 176 Å². The minimum absolute atomic E-state index is 0.0558. The van der Waals surface area contributed by atoms with E-state index in [0.717, 1.165) is 34.0 Å². The van der Waals surface area contributed by atoms with Gasteiger partial charge in [-0.2, -0.15) is 0 Å². The number of ether oxygens (including phenoxy) is 1. The fraction of sp³-hybridized carbons (Fsp3) is 0.0476. The number of benzene rings is 10. The van der Waals surface area contributed by atoms with Gasteiger partial charge in [0.1, 0.15) is 11.5 Å². The van der Waals surface area contributed by atoms with Gasteiger partial charge < -0.3 is 14.5 Å². The van der Waals surface area contributed by atoms with Crippen molar-refractivity contribution in [3.8, 4) is 44.9 Å². The molecule has 1 aliphatic carbocycles. The lowest BCUT2D eigenvalue weighted by molar-refractivity contribution is 0.436. The van der Waals surface area contributed by atoms with Crippen LogP contribution in [0.4, 0.5) is 34.1 Å². The molecule has 0 saturated heterocycles. The van der Waals surface area contributed by atoms with Gasteiger partial charge in [-0.15, -0.1) is 0 Å². The number of aryl methyl sites for hydroxylation is 2. The van der Waals surface area contributed by atoms with Crippen LogP contribution in [0, 0.1) is 13.8 Å². The van der Waals surface area contributed by atoms with E-state index in [0.29, 0.717) is 0 Å². The molecule has 3 aliphatic heterocycles. The summed E-state index contributed by atoms with van der Waals surface area (Å²) in [5.74, 6) is 1.79. The van der Waals surface area contributed by atoms with Crippen LogP contribution in [0.25, 0.3) is 33.4 Å². The number of para-hydroxylation sites is 4. The number of hydrogen-bond acceptors (Lipinski definition) is 3. The Labute approximate surface area is 391 Å². The molecule has 0 atom stereocenters. The number of hydrogen-bond donors (Lipinski definition) is 0. The zero-order valence-electron chi connectivity index (χ0n) is 37.2. The van der Waals surface area contributed by atoms with E-state index in [1.165, 1.54) is 94.8 Å². The van der Waals surface area contributed by atoms with Crippen LogP contribution in [0.5, 0.6) is 11.5 Å². The summed E-state index contributed by atoms with van der Waals surface area (Å²) < 4.78 is 6.79. The van der Waals surface area contributed by atoms with Crippen LogP contribution >= 0.6 is 0 Å². The van der Waals surface area contributed by atoms with Crippen molar-refractivity contribution in [3.05, 3.63) is 258 Å². The van der Waals surface area contributed by atoms with E-state index < -0.39 is 5.41 Å². The highest BCUT2D eigenvalue weighted by molar-refractivity contribution is 7.00. The van der Waals surface area contributed by atoms with Gasteiger partial charge >= 0.3 is 0 Å². The topological polar surface area (TPSA) is 15.7 Å². The second-order valence-electron chi connectivity index (χ2n) is 18.5. The van der Waals surface area contributed by atoms with Gasteiger partial charge in [0.25, 0.3) is 6.71 Å². The zero-order chi connectivity index (χ0) is 44.4. The predicted octanol–water partition coefficient (Wildman–Crippen LogP) is 14.2. The molecule has 3 nitrogen and oxygen atoms in total. The Hall–Kier alpha value is -8.34. The van der Waals surface area contributed by atoms with Crippen LogP contribution in [-0.4, -0.2) is 6.71 Å². The van der Waals surface area contributed by atoms with Crippen LogP contribution < -0.4 is 30.9 Å². The highest BCUT2D eigenvalue weighted by Crippen LogP contribution is 2.63. The lowest BCUT2D eigenvalue weighted by Crippen LogP contribution is -2.61. The molecule has 10 aromatic rings. The normalized spacial score (nSPS) is 14.0. The molecule has 0 N–H and O–H groups in total. The monoisotopic (exact) mass is 854 g/mol. The van der Waals surface area contributed by atoms with Crippen molar-refractivity contribution in [1.82, 2.24) is 0 Å². The standard InChI is InChI=1S/C63H43BN2O/c1-40-33-34-52-56(35-40)65(54-29-15-10-23-44(54)42-19-5-3-6-20-42)58-36-41(2)37-59-62(58)64(52)53-38-47-46-25-9-12-26-48(46)63(49-27-13-17-31-60(49)67-61-32-18-14-28-50(61)63)51(47)39-57(53)66(59)55-30-16-11-24-45(55)43-21-7-4-8-22-43/h3-39H,1-2H3. The van der Waals surface area contributed by atoms with Crippen LogP contribution in [0.3, 0.4) is 0 Å². The maximum absolute atomic E-state index is 6.79. The second-order valence-corrected chi connectivity index (χ2v) is 18.5. The maximum Gasteiger partial charge on any atom is 0.252 e. The molecule has 4 heteroatoms. The average molecular weight is 855 g/mol. The lowest BCUT2D eigenvalue weighted by atomic mass is 9.33. The van der Waals surface area contributed by atoms with Crippen molar-refractivity contribution >= 4 is 57.2 Å². The van der Waals surface area contributed by atoms with E-state index in [1.54, 1.807) is 0 Å². The SMILES string of the molecule is Cc1ccc2c(c1)N(c1ccccc1-c1ccccc1)c1cc(C)cc3c1B2c1cc2c(cc1N3c1ccccc1-c1ccccc1)C1(c3ccccc3Oc3ccccc31)c1ccccc1-2. The first-order chi connectivity index (χ1) is 33.1. The predicted molar refractivity (Wildman–Crippen MR) is 278 cm³/mol. The molecule has 0 aromatic heterocycles. The van der Waals surface area contributed by atoms with Gasteiger partial charge in [0, 0.05) is 45.0 Å². The fourth-order valence-corrected chi connectivity index (χ4v) is 12.2. The Morgan fingerprint density at radius 1 is 0.343 bits per heavy atom. The highest BCUT2D eigenvalue weighted by atomic mass is 16.5. The molecule has 0 amide bonds. The minimum Gasteiger partial charge on any atom is -0.457 e. The van der Waals surface area contributed by atoms with Gasteiger partial charge in [-0.25, -0.2) is 0 Å². The molecular weight excluding hydrogens is 812 g/mol. The number of fused-ring (bicyclic) bond motifs is 13. The zero-order valence-corrected chi connectivity index (χ0v) is 37.2. The molecule has 0 unspecified atom stereocenters. The Morgan fingerprint density at radius 3 is 1.42 bits per heavy atom. The third-order valence-corrected chi connectivity index (χ3v) is 14.8. The molecule has 314 valence electrons. The number of nitrogens with zero attached hydrogens (tertiary/aromatic N) is 2. The molecule has 0 bridgehead atoms. The van der Waals surface area contributed by atoms with E-state index in [4.69, 9.17) is 4.74 Å². The number of rotatable bonds is 4. The average Bonchev–Trinajstić information content (AvgIpc) is 3.65. The van der Waals surface area contributed by atoms with Gasteiger partial charge in [0.15, 0.2) is 0 Å². The van der Waals surface area contributed by atoms with Crippen molar-refractivity contribution in [3.63, 3.8) is 0 Å². The first-order valence-electron chi connectivity index (χ1n) is 23.4. The summed E-state index contributed by atoms with van der Waals surface area (Å²) in [5, 5.41) is 0. The fourth-order valence-electron chi connectivity index (χ4n) is 12.2. The smallest absolute Gasteiger partial charge is 0.252 e. The number of anilines is 6. The molecule has 4 aliphatic rings. The molecule has 0 radical (unpaired) electrons. The van der Waals surface area contributed by atoms with E-state index in [2.05, 4.69) is 248 Å². The van der Waals surface area contributed by atoms with Gasteiger partial charge in [0.05, 0.1) is 16.8 Å². The van der Waals surface area contributed by atoms with Crippen molar-refractivity contribution in [2.24, 2.45) is 0 Å². The van der Waals surface area contributed by atoms with Crippen molar-refractivity contribution < 1.29 is 4.74 Å². The third-order valence-electron chi connectivity index (χ3n) is 14.8. The van der Waals surface area contributed by atoms with Crippen molar-refractivity contribution in [1.29, 1.82) is 0 Å². The Kier molecular flexibility index (Phi) is 8.12. The largest absolute Gasteiger partial charge is 0.457 e. The lowest BCUT2D eigenvalue weighted by Gasteiger charge is -2.46.